The van der Waals surface area contributed by atoms with Gasteiger partial charge in [0, 0.05) is 11.9 Å². The van der Waals surface area contributed by atoms with Crippen molar-refractivity contribution in [3.05, 3.63) is 98.7 Å². The average Bonchev–Trinajstić information content (AvgIpc) is 3.09. The number of hydrogen-bond acceptors (Lipinski definition) is 5. The van der Waals surface area contributed by atoms with Gasteiger partial charge in [0.1, 0.15) is 5.75 Å². The molecule has 164 valence electrons. The number of pyridine rings is 1. The number of nitrogens with zero attached hydrogens (tertiary/aromatic N) is 2. The Balaban J connectivity index is 1.72. The number of fused-ring (bicyclic) bond motifs is 1. The second-order valence-electron chi connectivity index (χ2n) is 7.61. The molecule has 0 fully saturated rings. The van der Waals surface area contributed by atoms with Gasteiger partial charge in [-0.05, 0) is 43.2 Å². The maximum absolute atomic E-state index is 13.3. The van der Waals surface area contributed by atoms with E-state index < -0.39 is 6.04 Å². The number of hydrogen-bond donors (Lipinski definition) is 3. The first-order valence-corrected chi connectivity index (χ1v) is 10.2. The van der Waals surface area contributed by atoms with Crippen molar-refractivity contribution < 1.29 is 9.53 Å². The third-order valence-corrected chi connectivity index (χ3v) is 5.55. The second kappa shape index (κ2) is 8.68. The molecule has 4 rings (SSSR count). The predicted octanol–water partition coefficient (Wildman–Crippen LogP) is 2.63. The van der Waals surface area contributed by atoms with Crippen molar-refractivity contribution in [2.45, 2.75) is 26.4 Å². The molecule has 8 heteroatoms. The highest BCUT2D eigenvalue weighted by molar-refractivity contribution is 6.03. The number of rotatable bonds is 6. The van der Waals surface area contributed by atoms with E-state index in [0.29, 0.717) is 28.1 Å². The Labute approximate surface area is 185 Å². The topological polar surface area (TPSA) is 115 Å². The highest BCUT2D eigenvalue weighted by Gasteiger charge is 2.25. The third kappa shape index (κ3) is 3.76. The van der Waals surface area contributed by atoms with Gasteiger partial charge in [0.25, 0.3) is 11.5 Å². The highest BCUT2D eigenvalue weighted by atomic mass is 16.5. The van der Waals surface area contributed by atoms with Crippen molar-refractivity contribution in [1.82, 2.24) is 19.9 Å². The monoisotopic (exact) mass is 431 g/mol. The maximum Gasteiger partial charge on any atom is 0.256 e. The lowest BCUT2D eigenvalue weighted by molar-refractivity contribution is 0.0951. The van der Waals surface area contributed by atoms with Crippen LogP contribution in [0.15, 0.2) is 59.5 Å². The van der Waals surface area contributed by atoms with Gasteiger partial charge in [-0.3, -0.25) is 9.59 Å². The summed E-state index contributed by atoms with van der Waals surface area (Å²) in [5.74, 6) is 0.111. The van der Waals surface area contributed by atoms with Crippen molar-refractivity contribution in [2.24, 2.45) is 5.73 Å². The molecule has 0 saturated heterocycles. The Kier molecular flexibility index (Phi) is 5.79. The Hall–Kier alpha value is -3.91. The Morgan fingerprint density at radius 1 is 1.22 bits per heavy atom. The van der Waals surface area contributed by atoms with Gasteiger partial charge in [-0.1, -0.05) is 30.3 Å². The van der Waals surface area contributed by atoms with Crippen LogP contribution >= 0.6 is 0 Å². The van der Waals surface area contributed by atoms with Crippen LogP contribution in [-0.4, -0.2) is 27.6 Å². The van der Waals surface area contributed by atoms with Gasteiger partial charge in [-0.15, -0.1) is 0 Å². The fourth-order valence-corrected chi connectivity index (χ4v) is 4.00. The van der Waals surface area contributed by atoms with E-state index in [9.17, 15) is 9.59 Å². The Morgan fingerprint density at radius 3 is 2.69 bits per heavy atom. The number of carbonyl (C=O) groups is 1. The normalized spacial score (nSPS) is 12.0. The zero-order chi connectivity index (χ0) is 22.8. The van der Waals surface area contributed by atoms with Crippen molar-refractivity contribution in [3.63, 3.8) is 0 Å². The minimum atomic E-state index is -0.458. The number of nitrogens with one attached hydrogen (secondary N) is 2. The lowest BCUT2D eigenvalue weighted by Crippen LogP contribution is -2.28. The number of carbonyl (C=O) groups excluding carboxylic acids is 1. The van der Waals surface area contributed by atoms with Gasteiger partial charge in [0.05, 0.1) is 42.0 Å². The molecule has 0 aliphatic heterocycles. The predicted molar refractivity (Wildman–Crippen MR) is 122 cm³/mol. The molecule has 4 aromatic rings. The molecular formula is C24H25N5O3. The van der Waals surface area contributed by atoms with Crippen molar-refractivity contribution in [3.8, 4) is 5.75 Å². The van der Waals surface area contributed by atoms with Gasteiger partial charge in [-0.2, -0.15) is 5.10 Å². The number of aromatic nitrogens is 3. The standard InChI is InChI=1S/C24H25N5O3/c1-14-12-19(32-3)17(23(30)28-14)13-26-24(31)20-15(2)22(29-18(20)10-7-11-27-29)21(25)16-8-5-4-6-9-16/h4-12,21H,13,25H2,1-3H3,(H,26,31)(H,28,30). The molecule has 3 aromatic heterocycles. The van der Waals surface area contributed by atoms with Crippen LogP contribution in [0.25, 0.3) is 5.52 Å². The van der Waals surface area contributed by atoms with Crippen LogP contribution in [0.4, 0.5) is 0 Å². The van der Waals surface area contributed by atoms with E-state index in [0.717, 1.165) is 16.8 Å². The maximum atomic E-state index is 13.3. The van der Waals surface area contributed by atoms with Crippen LogP contribution in [0, 0.1) is 13.8 Å². The molecule has 3 heterocycles. The minimum absolute atomic E-state index is 0.0226. The van der Waals surface area contributed by atoms with Crippen molar-refractivity contribution in [1.29, 1.82) is 0 Å². The van der Waals surface area contributed by atoms with Gasteiger partial charge >= 0.3 is 0 Å². The molecule has 8 nitrogen and oxygen atoms in total. The first-order valence-electron chi connectivity index (χ1n) is 10.2. The lowest BCUT2D eigenvalue weighted by atomic mass is 10.0. The summed E-state index contributed by atoms with van der Waals surface area (Å²) in [6.07, 6.45) is 1.66. The summed E-state index contributed by atoms with van der Waals surface area (Å²) in [4.78, 5) is 28.4. The van der Waals surface area contributed by atoms with Gasteiger partial charge < -0.3 is 20.8 Å². The number of ether oxygens (including phenoxy) is 1. The van der Waals surface area contributed by atoms with E-state index in [-0.39, 0.29) is 18.0 Å². The molecule has 0 saturated carbocycles. The van der Waals surface area contributed by atoms with Crippen LogP contribution in [0.2, 0.25) is 0 Å². The SMILES string of the molecule is COc1cc(C)[nH]c(=O)c1CNC(=O)c1c(C)c(C(N)c2ccccc2)n2ncccc12. The molecular weight excluding hydrogens is 406 g/mol. The smallest absolute Gasteiger partial charge is 0.256 e. The van der Waals surface area contributed by atoms with Crippen molar-refractivity contribution in [2.75, 3.05) is 7.11 Å². The van der Waals surface area contributed by atoms with Crippen LogP contribution in [-0.2, 0) is 6.54 Å². The fourth-order valence-electron chi connectivity index (χ4n) is 4.00. The number of methoxy groups -OCH3 is 1. The summed E-state index contributed by atoms with van der Waals surface area (Å²) >= 11 is 0. The molecule has 4 N–H and O–H groups in total. The summed E-state index contributed by atoms with van der Waals surface area (Å²) < 4.78 is 7.03. The summed E-state index contributed by atoms with van der Waals surface area (Å²) in [7, 11) is 1.49. The molecule has 32 heavy (non-hydrogen) atoms. The van der Waals surface area contributed by atoms with E-state index in [2.05, 4.69) is 15.4 Å². The summed E-state index contributed by atoms with van der Waals surface area (Å²) in [5, 5.41) is 7.30. The van der Waals surface area contributed by atoms with Crippen molar-refractivity contribution >= 4 is 11.4 Å². The zero-order valence-electron chi connectivity index (χ0n) is 18.2. The first-order chi connectivity index (χ1) is 15.4. The number of benzene rings is 1. The first kappa shape index (κ1) is 21.3. The third-order valence-electron chi connectivity index (χ3n) is 5.55. The van der Waals surface area contributed by atoms with E-state index in [1.165, 1.54) is 7.11 Å². The summed E-state index contributed by atoms with van der Waals surface area (Å²) in [5.41, 5.74) is 10.8. The number of H-pyrrole nitrogens is 1. The molecule has 1 atom stereocenters. The molecule has 1 amide bonds. The van der Waals surface area contributed by atoms with E-state index in [1.54, 1.807) is 29.8 Å². The molecule has 0 aliphatic carbocycles. The summed E-state index contributed by atoms with van der Waals surface area (Å²) in [6, 6.07) is 14.5. The molecule has 0 spiro atoms. The van der Waals surface area contributed by atoms with Crippen LogP contribution in [0.3, 0.4) is 0 Å². The number of aromatic amines is 1. The molecule has 1 aromatic carbocycles. The summed E-state index contributed by atoms with van der Waals surface area (Å²) in [6.45, 7) is 3.66. The van der Waals surface area contributed by atoms with Crippen LogP contribution in [0.5, 0.6) is 5.75 Å². The number of amides is 1. The van der Waals surface area contributed by atoms with E-state index in [1.807, 2.05) is 43.3 Å². The Morgan fingerprint density at radius 2 is 1.97 bits per heavy atom. The van der Waals surface area contributed by atoms with Crippen LogP contribution in [0.1, 0.15) is 44.5 Å². The van der Waals surface area contributed by atoms with Gasteiger partial charge in [-0.25, -0.2) is 4.52 Å². The number of nitrogens with two attached hydrogens (primary N) is 1. The molecule has 1 unspecified atom stereocenters. The lowest BCUT2D eigenvalue weighted by Gasteiger charge is -2.13. The van der Waals surface area contributed by atoms with Gasteiger partial charge in [0.2, 0.25) is 0 Å². The zero-order valence-corrected chi connectivity index (χ0v) is 18.2. The Bertz CT molecular complexity index is 1340. The van der Waals surface area contributed by atoms with Gasteiger partial charge in [0.15, 0.2) is 0 Å². The largest absolute Gasteiger partial charge is 0.496 e. The average molecular weight is 431 g/mol. The van der Waals surface area contributed by atoms with E-state index >= 15 is 0 Å². The second-order valence-corrected chi connectivity index (χ2v) is 7.61. The van der Waals surface area contributed by atoms with Crippen LogP contribution < -0.4 is 21.3 Å². The minimum Gasteiger partial charge on any atom is -0.496 e. The molecule has 0 radical (unpaired) electrons. The number of aryl methyl sites for hydroxylation is 1. The fraction of sp³-hybridized carbons (Fsp3) is 0.208. The highest BCUT2D eigenvalue weighted by Crippen LogP contribution is 2.29. The molecule has 0 aliphatic rings. The van der Waals surface area contributed by atoms with E-state index in [4.69, 9.17) is 10.5 Å². The molecule has 0 bridgehead atoms. The quantitative estimate of drug-likeness (QED) is 0.434.